The number of rotatable bonds is 4. The molecule has 2 N–H and O–H groups in total. The van der Waals surface area contributed by atoms with Crippen molar-refractivity contribution in [3.8, 4) is 0 Å². The summed E-state index contributed by atoms with van der Waals surface area (Å²) in [7, 11) is -3.40. The molecule has 0 aromatic carbocycles. The first kappa shape index (κ1) is 12.4. The van der Waals surface area contributed by atoms with Crippen molar-refractivity contribution in [1.82, 2.24) is 4.72 Å². The number of hydrogen-bond donors (Lipinski definition) is 2. The third-order valence-electron chi connectivity index (χ3n) is 2.65. The summed E-state index contributed by atoms with van der Waals surface area (Å²) >= 11 is 0. The van der Waals surface area contributed by atoms with Crippen LogP contribution in [-0.2, 0) is 19.6 Å². The maximum atomic E-state index is 11.3. The van der Waals surface area contributed by atoms with Crippen LogP contribution >= 0.6 is 0 Å². The van der Waals surface area contributed by atoms with E-state index in [1.165, 1.54) is 13.8 Å². The van der Waals surface area contributed by atoms with Crippen molar-refractivity contribution < 1.29 is 23.1 Å². The van der Waals surface area contributed by atoms with Gasteiger partial charge in [-0.25, -0.2) is 13.1 Å². The third-order valence-corrected chi connectivity index (χ3v) is 4.05. The Morgan fingerprint density at radius 3 is 2.73 bits per heavy atom. The quantitative estimate of drug-likeness (QED) is 0.682. The molecule has 7 heteroatoms. The van der Waals surface area contributed by atoms with Gasteiger partial charge in [-0.1, -0.05) is 0 Å². The van der Waals surface area contributed by atoms with Gasteiger partial charge in [-0.3, -0.25) is 4.79 Å². The average molecular weight is 237 g/mol. The van der Waals surface area contributed by atoms with Crippen LogP contribution in [-0.4, -0.2) is 44.5 Å². The van der Waals surface area contributed by atoms with E-state index in [9.17, 15) is 13.2 Å². The fourth-order valence-corrected chi connectivity index (χ4v) is 2.28. The van der Waals surface area contributed by atoms with Gasteiger partial charge in [-0.15, -0.1) is 0 Å². The first-order valence-corrected chi connectivity index (χ1v) is 6.28. The Hall–Kier alpha value is -0.660. The van der Waals surface area contributed by atoms with Crippen molar-refractivity contribution in [2.45, 2.75) is 19.9 Å². The molecular weight excluding hydrogens is 222 g/mol. The number of aliphatic carboxylic acids is 1. The summed E-state index contributed by atoms with van der Waals surface area (Å²) in [5, 5.41) is 9.00. The van der Waals surface area contributed by atoms with E-state index in [-0.39, 0.29) is 19.0 Å². The summed E-state index contributed by atoms with van der Waals surface area (Å²) in [4.78, 5) is 11.0. The molecule has 0 spiro atoms. The van der Waals surface area contributed by atoms with E-state index in [0.29, 0.717) is 0 Å². The van der Waals surface area contributed by atoms with Crippen LogP contribution in [0.5, 0.6) is 0 Å². The Labute approximate surface area is 88.7 Å². The highest BCUT2D eigenvalue weighted by Crippen LogP contribution is 2.29. The van der Waals surface area contributed by atoms with Gasteiger partial charge in [0.25, 0.3) is 0 Å². The number of carboxylic acids is 1. The zero-order valence-corrected chi connectivity index (χ0v) is 9.50. The number of hydrogen-bond acceptors (Lipinski definition) is 4. The molecule has 1 aliphatic rings. The van der Waals surface area contributed by atoms with Gasteiger partial charge in [-0.05, 0) is 13.8 Å². The number of ether oxygens (including phenoxy) is 1. The molecule has 1 rings (SSSR count). The molecule has 6 nitrogen and oxygen atoms in total. The molecule has 0 aliphatic carbocycles. The topological polar surface area (TPSA) is 92.7 Å². The van der Waals surface area contributed by atoms with Crippen molar-refractivity contribution in [3.63, 3.8) is 0 Å². The second-order valence-electron chi connectivity index (χ2n) is 3.81. The SMILES string of the molecule is CCS(=O)(=O)NC1COCC1(C)C(=O)O. The Morgan fingerprint density at radius 2 is 2.27 bits per heavy atom. The monoisotopic (exact) mass is 237 g/mol. The number of carbonyl (C=O) groups is 1. The summed E-state index contributed by atoms with van der Waals surface area (Å²) in [6.07, 6.45) is 0. The number of nitrogens with one attached hydrogen (secondary N) is 1. The summed E-state index contributed by atoms with van der Waals surface area (Å²) in [5.74, 6) is -1.12. The van der Waals surface area contributed by atoms with Crippen LogP contribution in [0.1, 0.15) is 13.8 Å². The zero-order valence-electron chi connectivity index (χ0n) is 8.69. The Morgan fingerprint density at radius 1 is 1.67 bits per heavy atom. The van der Waals surface area contributed by atoms with E-state index >= 15 is 0 Å². The highest BCUT2D eigenvalue weighted by molar-refractivity contribution is 7.89. The molecule has 88 valence electrons. The molecule has 1 aliphatic heterocycles. The lowest BCUT2D eigenvalue weighted by Gasteiger charge is -2.24. The predicted octanol–water partition coefficient (Wildman–Crippen LogP) is -0.585. The average Bonchev–Trinajstić information content (AvgIpc) is 2.49. The molecule has 0 bridgehead atoms. The molecule has 0 saturated carbocycles. The van der Waals surface area contributed by atoms with Crippen LogP contribution in [0.15, 0.2) is 0 Å². The molecular formula is C8H15NO5S. The van der Waals surface area contributed by atoms with Crippen LogP contribution in [0.4, 0.5) is 0 Å². The molecule has 15 heavy (non-hydrogen) atoms. The molecule has 0 aromatic heterocycles. The van der Waals surface area contributed by atoms with E-state index in [4.69, 9.17) is 9.84 Å². The Bertz CT molecular complexity index is 352. The largest absolute Gasteiger partial charge is 0.481 e. The lowest BCUT2D eigenvalue weighted by atomic mass is 9.86. The Kier molecular flexibility index (Phi) is 3.37. The molecule has 1 fully saturated rings. The number of sulfonamides is 1. The highest BCUT2D eigenvalue weighted by atomic mass is 32.2. The van der Waals surface area contributed by atoms with Crippen molar-refractivity contribution in [2.24, 2.45) is 5.41 Å². The van der Waals surface area contributed by atoms with Crippen LogP contribution in [0, 0.1) is 5.41 Å². The predicted molar refractivity (Wildman–Crippen MR) is 52.9 cm³/mol. The van der Waals surface area contributed by atoms with Gasteiger partial charge in [0.2, 0.25) is 10.0 Å². The van der Waals surface area contributed by atoms with Crippen molar-refractivity contribution in [3.05, 3.63) is 0 Å². The molecule has 0 radical (unpaired) electrons. The standard InChI is InChI=1S/C8H15NO5S/c1-3-15(12,13)9-6-4-14-5-8(6,2)7(10)11/h6,9H,3-5H2,1-2H3,(H,10,11). The molecule has 2 atom stereocenters. The van der Waals surface area contributed by atoms with E-state index in [1.54, 1.807) is 0 Å². The maximum absolute atomic E-state index is 11.3. The maximum Gasteiger partial charge on any atom is 0.313 e. The minimum atomic E-state index is -3.40. The minimum Gasteiger partial charge on any atom is -0.481 e. The van der Waals surface area contributed by atoms with Crippen LogP contribution in [0.2, 0.25) is 0 Å². The molecule has 0 aromatic rings. The van der Waals surface area contributed by atoms with E-state index < -0.39 is 27.4 Å². The van der Waals surface area contributed by atoms with Crippen LogP contribution in [0.25, 0.3) is 0 Å². The van der Waals surface area contributed by atoms with Gasteiger partial charge >= 0.3 is 5.97 Å². The summed E-state index contributed by atoms with van der Waals surface area (Å²) in [6, 6.07) is -0.694. The fourth-order valence-electron chi connectivity index (χ4n) is 1.35. The van der Waals surface area contributed by atoms with Crippen molar-refractivity contribution >= 4 is 16.0 Å². The van der Waals surface area contributed by atoms with Gasteiger partial charge < -0.3 is 9.84 Å². The van der Waals surface area contributed by atoms with Gasteiger partial charge in [-0.2, -0.15) is 0 Å². The summed E-state index contributed by atoms with van der Waals surface area (Å²) in [6.45, 7) is 3.10. The zero-order chi connectivity index (χ0) is 11.7. The second-order valence-corrected chi connectivity index (χ2v) is 5.85. The van der Waals surface area contributed by atoms with Gasteiger partial charge in [0.15, 0.2) is 0 Å². The van der Waals surface area contributed by atoms with Crippen LogP contribution < -0.4 is 4.72 Å². The minimum absolute atomic E-state index is 0.0270. The first-order valence-electron chi connectivity index (χ1n) is 4.63. The third kappa shape index (κ3) is 2.47. The second kappa shape index (κ2) is 4.07. The molecule has 1 saturated heterocycles. The molecule has 1 heterocycles. The normalized spacial score (nSPS) is 31.7. The molecule has 2 unspecified atom stereocenters. The lowest BCUT2D eigenvalue weighted by Crippen LogP contribution is -2.49. The van der Waals surface area contributed by atoms with E-state index in [2.05, 4.69) is 4.72 Å². The fraction of sp³-hybridized carbons (Fsp3) is 0.875. The summed E-state index contributed by atoms with van der Waals surface area (Å²) < 4.78 is 30.0. The Balaban J connectivity index is 2.83. The smallest absolute Gasteiger partial charge is 0.313 e. The molecule has 0 amide bonds. The van der Waals surface area contributed by atoms with Crippen molar-refractivity contribution in [1.29, 1.82) is 0 Å². The van der Waals surface area contributed by atoms with Gasteiger partial charge in [0, 0.05) is 0 Å². The van der Waals surface area contributed by atoms with Crippen molar-refractivity contribution in [2.75, 3.05) is 19.0 Å². The first-order chi connectivity index (χ1) is 6.82. The highest BCUT2D eigenvalue weighted by Gasteiger charge is 2.47. The lowest BCUT2D eigenvalue weighted by molar-refractivity contribution is -0.148. The van der Waals surface area contributed by atoms with Gasteiger partial charge in [0.1, 0.15) is 5.41 Å². The summed E-state index contributed by atoms with van der Waals surface area (Å²) in [5.41, 5.74) is -1.18. The van der Waals surface area contributed by atoms with E-state index in [0.717, 1.165) is 0 Å². The van der Waals surface area contributed by atoms with E-state index in [1.807, 2.05) is 0 Å². The number of carboxylic acid groups (broad SMARTS) is 1. The van der Waals surface area contributed by atoms with Crippen LogP contribution in [0.3, 0.4) is 0 Å². The van der Waals surface area contributed by atoms with Gasteiger partial charge in [0.05, 0.1) is 25.0 Å².